The van der Waals surface area contributed by atoms with Gasteiger partial charge < -0.3 is 19.7 Å². The Bertz CT molecular complexity index is 1290. The maximum absolute atomic E-state index is 13.6. The highest BCUT2D eigenvalue weighted by molar-refractivity contribution is 6.31. The Morgan fingerprint density at radius 1 is 1.08 bits per heavy atom. The van der Waals surface area contributed by atoms with Crippen LogP contribution < -0.4 is 14.8 Å². The van der Waals surface area contributed by atoms with E-state index in [-0.39, 0.29) is 18.4 Å². The molecule has 0 radical (unpaired) electrons. The number of amides is 2. The quantitative estimate of drug-likeness (QED) is 0.465. The summed E-state index contributed by atoms with van der Waals surface area (Å²) in [6, 6.07) is 14.4. The van der Waals surface area contributed by atoms with Crippen molar-refractivity contribution in [3.8, 4) is 17.2 Å². The fraction of sp³-hybridized carbons (Fsp3) is 0.393. The largest absolute Gasteiger partial charge is 0.490 e. The van der Waals surface area contributed by atoms with E-state index in [1.165, 1.54) is 0 Å². The number of halogens is 1. The molecule has 2 aromatic carbocycles. The minimum Gasteiger partial charge on any atom is -0.490 e. The van der Waals surface area contributed by atoms with Crippen LogP contribution in [0.25, 0.3) is 0 Å². The van der Waals surface area contributed by atoms with Gasteiger partial charge in [-0.15, -0.1) is 0 Å². The van der Waals surface area contributed by atoms with Gasteiger partial charge in [0.1, 0.15) is 12.2 Å². The number of carbonyl (C=O) groups is 2. The van der Waals surface area contributed by atoms with Gasteiger partial charge in [0, 0.05) is 24.0 Å². The van der Waals surface area contributed by atoms with Crippen molar-refractivity contribution in [2.24, 2.45) is 0 Å². The maximum Gasteiger partial charge on any atom is 0.272 e. The summed E-state index contributed by atoms with van der Waals surface area (Å²) in [4.78, 5) is 28.5. The molecular weight excluding hydrogens is 492 g/mol. The highest BCUT2D eigenvalue weighted by Crippen LogP contribution is 2.40. The van der Waals surface area contributed by atoms with Crippen LogP contribution in [0.1, 0.15) is 61.1 Å². The molecule has 8 nitrogen and oxygen atoms in total. The van der Waals surface area contributed by atoms with Gasteiger partial charge in [-0.2, -0.15) is 5.10 Å². The molecular formula is C28H31ClN4O4. The number of aryl methyl sites for hydroxylation is 1. The van der Waals surface area contributed by atoms with Crippen molar-refractivity contribution in [3.63, 3.8) is 0 Å². The van der Waals surface area contributed by atoms with E-state index in [1.54, 1.807) is 27.8 Å². The highest BCUT2D eigenvalue weighted by Gasteiger charge is 2.30. The predicted octanol–water partition coefficient (Wildman–Crippen LogP) is 5.87. The average Bonchev–Trinajstić information content (AvgIpc) is 3.65. The third-order valence-electron chi connectivity index (χ3n) is 6.55. The molecule has 1 saturated carbocycles. The summed E-state index contributed by atoms with van der Waals surface area (Å²) < 4.78 is 13.9. The van der Waals surface area contributed by atoms with Crippen LogP contribution >= 0.6 is 11.6 Å². The standard InChI is InChI=1S/C28H31ClN4O4/c1-2-33-23(17-21(31-33)19-10-11-19)28(35)32-14-6-3-7-15-36-25-8-4-5-9-26(25)37-24-13-12-20(29)16-22(24)30-27(34)18-32/h4-5,8-9,12-13,16-17,19H,2-3,6-7,10-11,14-15,18H2,1H3,(H,30,34). The first-order valence-electron chi connectivity index (χ1n) is 12.9. The van der Waals surface area contributed by atoms with Gasteiger partial charge in [0.25, 0.3) is 5.91 Å². The summed E-state index contributed by atoms with van der Waals surface area (Å²) in [6.07, 6.45) is 4.63. The van der Waals surface area contributed by atoms with Crippen molar-refractivity contribution in [1.29, 1.82) is 0 Å². The first-order chi connectivity index (χ1) is 18.0. The molecule has 0 unspecified atom stereocenters. The monoisotopic (exact) mass is 522 g/mol. The van der Waals surface area contributed by atoms with Gasteiger partial charge in [-0.25, -0.2) is 0 Å². The molecule has 9 heteroatoms. The summed E-state index contributed by atoms with van der Waals surface area (Å²) in [7, 11) is 0. The summed E-state index contributed by atoms with van der Waals surface area (Å²) in [5, 5.41) is 7.99. The SMILES string of the molecule is CCn1nc(C2CC2)cc1C(=O)N1CCCCCOc2ccccc2Oc2ccc(Cl)cc2NC(=O)C1. The average molecular weight is 523 g/mol. The van der Waals surface area contributed by atoms with Crippen LogP contribution in [-0.2, 0) is 11.3 Å². The normalized spacial score (nSPS) is 16.8. The molecule has 1 aliphatic carbocycles. The number of rotatable bonds is 3. The number of hydrogen-bond donors (Lipinski definition) is 1. The highest BCUT2D eigenvalue weighted by atomic mass is 35.5. The lowest BCUT2D eigenvalue weighted by molar-refractivity contribution is -0.116. The van der Waals surface area contributed by atoms with Gasteiger partial charge in [-0.3, -0.25) is 14.3 Å². The Kier molecular flexibility index (Phi) is 7.65. The molecule has 37 heavy (non-hydrogen) atoms. The van der Waals surface area contributed by atoms with E-state index in [0.29, 0.717) is 59.3 Å². The van der Waals surface area contributed by atoms with Crippen molar-refractivity contribution in [1.82, 2.24) is 14.7 Å². The third-order valence-corrected chi connectivity index (χ3v) is 6.78. The van der Waals surface area contributed by atoms with Gasteiger partial charge in [0.2, 0.25) is 5.91 Å². The van der Waals surface area contributed by atoms with Crippen LogP contribution in [0.3, 0.4) is 0 Å². The minimum absolute atomic E-state index is 0.0917. The van der Waals surface area contributed by atoms with Crippen LogP contribution in [0.5, 0.6) is 17.2 Å². The van der Waals surface area contributed by atoms with Crippen LogP contribution in [0.15, 0.2) is 48.5 Å². The first kappa shape index (κ1) is 25.1. The van der Waals surface area contributed by atoms with Crippen LogP contribution in [-0.4, -0.2) is 46.2 Å². The number of aromatic nitrogens is 2. The number of nitrogens with zero attached hydrogens (tertiary/aromatic N) is 3. The van der Waals surface area contributed by atoms with Crippen molar-refractivity contribution in [3.05, 3.63) is 64.9 Å². The van der Waals surface area contributed by atoms with Crippen molar-refractivity contribution >= 4 is 29.1 Å². The molecule has 5 rings (SSSR count). The van der Waals surface area contributed by atoms with Crippen molar-refractivity contribution in [2.45, 2.75) is 51.5 Å². The van der Waals surface area contributed by atoms with E-state index in [0.717, 1.165) is 37.8 Å². The lowest BCUT2D eigenvalue weighted by atomic mass is 10.2. The number of anilines is 1. The maximum atomic E-state index is 13.6. The fourth-order valence-electron chi connectivity index (χ4n) is 4.43. The molecule has 2 heterocycles. The zero-order valence-electron chi connectivity index (χ0n) is 20.9. The summed E-state index contributed by atoms with van der Waals surface area (Å²) in [6.45, 7) is 3.44. The van der Waals surface area contributed by atoms with Gasteiger partial charge in [0.05, 0.1) is 18.0 Å². The molecule has 3 aromatic rings. The summed E-state index contributed by atoms with van der Waals surface area (Å²) in [5.41, 5.74) is 1.91. The second-order valence-electron chi connectivity index (χ2n) is 9.42. The Balaban J connectivity index is 1.41. The molecule has 0 saturated heterocycles. The number of para-hydroxylation sites is 2. The summed E-state index contributed by atoms with van der Waals surface area (Å²) >= 11 is 6.24. The Morgan fingerprint density at radius 2 is 1.89 bits per heavy atom. The molecule has 0 bridgehead atoms. The fourth-order valence-corrected chi connectivity index (χ4v) is 4.60. The zero-order chi connectivity index (χ0) is 25.8. The number of hydrogen-bond acceptors (Lipinski definition) is 5. The molecule has 1 aliphatic heterocycles. The Hall–Kier alpha value is -3.52. The Labute approximate surface area is 221 Å². The molecule has 0 atom stereocenters. The third kappa shape index (κ3) is 6.07. The van der Waals surface area contributed by atoms with E-state index in [1.807, 2.05) is 37.3 Å². The number of benzene rings is 2. The first-order valence-corrected chi connectivity index (χ1v) is 13.3. The van der Waals surface area contributed by atoms with Crippen molar-refractivity contribution in [2.75, 3.05) is 25.0 Å². The number of fused-ring (bicyclic) bond motifs is 2. The van der Waals surface area contributed by atoms with E-state index < -0.39 is 0 Å². The number of ether oxygens (including phenoxy) is 2. The number of nitrogens with one attached hydrogen (secondary N) is 1. The lowest BCUT2D eigenvalue weighted by Gasteiger charge is -2.23. The molecule has 2 aliphatic rings. The van der Waals surface area contributed by atoms with E-state index >= 15 is 0 Å². The lowest BCUT2D eigenvalue weighted by Crippen LogP contribution is -2.39. The topological polar surface area (TPSA) is 85.7 Å². The molecule has 0 spiro atoms. The predicted molar refractivity (Wildman–Crippen MR) is 142 cm³/mol. The Morgan fingerprint density at radius 3 is 2.68 bits per heavy atom. The molecule has 2 amide bonds. The molecule has 1 N–H and O–H groups in total. The zero-order valence-corrected chi connectivity index (χ0v) is 21.7. The van der Waals surface area contributed by atoms with E-state index in [2.05, 4.69) is 10.4 Å². The molecule has 1 fully saturated rings. The molecule has 1 aromatic heterocycles. The smallest absolute Gasteiger partial charge is 0.272 e. The van der Waals surface area contributed by atoms with Crippen LogP contribution in [0.4, 0.5) is 5.69 Å². The van der Waals surface area contributed by atoms with E-state index in [4.69, 9.17) is 21.1 Å². The van der Waals surface area contributed by atoms with Crippen LogP contribution in [0.2, 0.25) is 5.02 Å². The van der Waals surface area contributed by atoms with Gasteiger partial charge in [-0.05, 0) is 75.4 Å². The van der Waals surface area contributed by atoms with E-state index in [9.17, 15) is 9.59 Å². The second kappa shape index (κ2) is 11.3. The van der Waals surface area contributed by atoms with Gasteiger partial charge in [-0.1, -0.05) is 23.7 Å². The minimum atomic E-state index is -0.329. The summed E-state index contributed by atoms with van der Waals surface area (Å²) in [5.74, 6) is 1.53. The number of carbonyl (C=O) groups excluding carboxylic acids is 2. The van der Waals surface area contributed by atoms with Crippen LogP contribution in [0, 0.1) is 0 Å². The van der Waals surface area contributed by atoms with Gasteiger partial charge >= 0.3 is 0 Å². The second-order valence-corrected chi connectivity index (χ2v) is 9.85. The van der Waals surface area contributed by atoms with Crippen molar-refractivity contribution < 1.29 is 19.1 Å². The van der Waals surface area contributed by atoms with Gasteiger partial charge in [0.15, 0.2) is 17.2 Å². The molecule has 194 valence electrons.